The van der Waals surface area contributed by atoms with E-state index in [4.69, 9.17) is 4.74 Å². The number of halogens is 1. The maximum atomic E-state index is 12.2. The topological polar surface area (TPSA) is 63.7 Å². The second-order valence-electron chi connectivity index (χ2n) is 5.36. The van der Waals surface area contributed by atoms with Crippen LogP contribution < -0.4 is 0 Å². The summed E-state index contributed by atoms with van der Waals surface area (Å²) in [5.74, 6) is -1.25. The average Bonchev–Trinajstić information content (AvgIpc) is 2.85. The minimum absolute atomic E-state index is 0.0306. The summed E-state index contributed by atoms with van der Waals surface area (Å²) in [6.07, 6.45) is 2.94. The summed E-state index contributed by atoms with van der Waals surface area (Å²) in [5.41, 5.74) is 1.62. The summed E-state index contributed by atoms with van der Waals surface area (Å²) < 4.78 is 5.98. The molecule has 126 valence electrons. The molecule has 0 saturated heterocycles. The molecule has 2 amide bonds. The molecule has 3 rings (SSSR count). The zero-order valence-corrected chi connectivity index (χ0v) is 14.7. The van der Waals surface area contributed by atoms with E-state index >= 15 is 0 Å². The van der Waals surface area contributed by atoms with Crippen molar-refractivity contribution >= 4 is 39.8 Å². The Balaban J connectivity index is 1.53. The number of benzene rings is 2. The molecule has 0 aliphatic carbocycles. The smallest absolute Gasteiger partial charge is 0.330 e. The maximum Gasteiger partial charge on any atom is 0.330 e. The fourth-order valence-electron chi connectivity index (χ4n) is 2.50. The van der Waals surface area contributed by atoms with Gasteiger partial charge in [-0.15, -0.1) is 0 Å². The van der Waals surface area contributed by atoms with Crippen molar-refractivity contribution in [1.29, 1.82) is 0 Å². The highest BCUT2D eigenvalue weighted by Gasteiger charge is 2.34. The molecule has 6 heteroatoms. The van der Waals surface area contributed by atoms with Gasteiger partial charge < -0.3 is 4.74 Å². The van der Waals surface area contributed by atoms with Crippen molar-refractivity contribution in [3.63, 3.8) is 0 Å². The lowest BCUT2D eigenvalue weighted by Crippen LogP contribution is -2.33. The van der Waals surface area contributed by atoms with Crippen LogP contribution >= 0.6 is 15.9 Å². The summed E-state index contributed by atoms with van der Waals surface area (Å²) in [5, 5.41) is 0. The van der Waals surface area contributed by atoms with Gasteiger partial charge >= 0.3 is 5.97 Å². The van der Waals surface area contributed by atoms with E-state index in [9.17, 15) is 14.4 Å². The number of carbonyl (C=O) groups excluding carboxylic acids is 3. The highest BCUT2D eigenvalue weighted by molar-refractivity contribution is 9.10. The van der Waals surface area contributed by atoms with Gasteiger partial charge in [0, 0.05) is 10.5 Å². The Labute approximate surface area is 153 Å². The Morgan fingerprint density at radius 3 is 2.36 bits per heavy atom. The predicted molar refractivity (Wildman–Crippen MR) is 95.9 cm³/mol. The van der Waals surface area contributed by atoms with Gasteiger partial charge in [0.15, 0.2) is 0 Å². The van der Waals surface area contributed by atoms with E-state index in [1.165, 1.54) is 6.08 Å². The van der Waals surface area contributed by atoms with E-state index in [2.05, 4.69) is 15.9 Å². The van der Waals surface area contributed by atoms with Gasteiger partial charge in [-0.3, -0.25) is 14.5 Å². The van der Waals surface area contributed by atoms with Gasteiger partial charge in [0.05, 0.1) is 17.7 Å². The van der Waals surface area contributed by atoms with Crippen molar-refractivity contribution in [3.8, 4) is 0 Å². The zero-order valence-electron chi connectivity index (χ0n) is 13.1. The second kappa shape index (κ2) is 7.44. The summed E-state index contributed by atoms with van der Waals surface area (Å²) in [4.78, 5) is 37.2. The van der Waals surface area contributed by atoms with Crippen molar-refractivity contribution in [3.05, 3.63) is 75.8 Å². The van der Waals surface area contributed by atoms with E-state index < -0.39 is 5.97 Å². The van der Waals surface area contributed by atoms with Gasteiger partial charge in [0.2, 0.25) is 0 Å². The van der Waals surface area contributed by atoms with Gasteiger partial charge in [0.25, 0.3) is 11.8 Å². The molecule has 0 fully saturated rings. The Morgan fingerprint density at radius 1 is 1.04 bits per heavy atom. The molecule has 0 atom stereocenters. The molecule has 2 aromatic carbocycles. The molecule has 0 bridgehead atoms. The van der Waals surface area contributed by atoms with Crippen LogP contribution in [0.1, 0.15) is 26.3 Å². The van der Waals surface area contributed by atoms with Crippen LogP contribution in [0.15, 0.2) is 59.1 Å². The number of nitrogens with zero attached hydrogens (tertiary/aromatic N) is 1. The molecule has 0 saturated carbocycles. The molecule has 1 aliphatic rings. The second-order valence-corrected chi connectivity index (χ2v) is 6.28. The van der Waals surface area contributed by atoms with Crippen LogP contribution in [0.25, 0.3) is 6.08 Å². The first kappa shape index (κ1) is 17.1. The fraction of sp³-hybridized carbons (Fsp3) is 0.105. The number of amides is 2. The lowest BCUT2D eigenvalue weighted by Gasteiger charge is -2.13. The lowest BCUT2D eigenvalue weighted by molar-refractivity contribution is -0.137. The minimum atomic E-state index is -0.531. The van der Waals surface area contributed by atoms with Gasteiger partial charge in [-0.2, -0.15) is 0 Å². The lowest BCUT2D eigenvalue weighted by atomic mass is 10.1. The van der Waals surface area contributed by atoms with E-state index in [-0.39, 0.29) is 25.0 Å². The molecule has 25 heavy (non-hydrogen) atoms. The number of imide groups is 1. The number of esters is 1. The van der Waals surface area contributed by atoms with Crippen LogP contribution in [0, 0.1) is 0 Å². The van der Waals surface area contributed by atoms with E-state index in [0.717, 1.165) is 14.9 Å². The maximum absolute atomic E-state index is 12.2. The standard InChI is InChI=1S/C19H14BrNO4/c20-14-5-3-4-13(12-14)8-9-17(22)25-11-10-21-18(23)15-6-1-2-7-16(15)19(21)24/h1-9,12H,10-11H2/b9-8+. The SMILES string of the molecule is O=C(/C=C/c1cccc(Br)c1)OCCN1C(=O)c2ccccc2C1=O. The van der Waals surface area contributed by atoms with Crippen LogP contribution in [0.5, 0.6) is 0 Å². The monoisotopic (exact) mass is 399 g/mol. The van der Waals surface area contributed by atoms with Gasteiger partial charge in [-0.05, 0) is 35.9 Å². The van der Waals surface area contributed by atoms with E-state index in [1.807, 2.05) is 24.3 Å². The third-order valence-electron chi connectivity index (χ3n) is 3.70. The van der Waals surface area contributed by atoms with Crippen LogP contribution in [0.2, 0.25) is 0 Å². The largest absolute Gasteiger partial charge is 0.461 e. The Morgan fingerprint density at radius 2 is 1.72 bits per heavy atom. The average molecular weight is 400 g/mol. The molecule has 5 nitrogen and oxygen atoms in total. The molecule has 0 radical (unpaired) electrons. The number of ether oxygens (including phenoxy) is 1. The third kappa shape index (κ3) is 3.85. The molecular formula is C19H14BrNO4. The van der Waals surface area contributed by atoms with Gasteiger partial charge in [-0.25, -0.2) is 4.79 Å². The first-order chi connectivity index (χ1) is 12.1. The number of carbonyl (C=O) groups is 3. The zero-order chi connectivity index (χ0) is 17.8. The molecule has 0 unspecified atom stereocenters. The van der Waals surface area contributed by atoms with Crippen molar-refractivity contribution in [2.45, 2.75) is 0 Å². The van der Waals surface area contributed by atoms with E-state index in [0.29, 0.717) is 11.1 Å². The van der Waals surface area contributed by atoms with Crippen molar-refractivity contribution in [2.75, 3.05) is 13.2 Å². The van der Waals surface area contributed by atoms with Crippen molar-refractivity contribution in [1.82, 2.24) is 4.90 Å². The number of hydrogen-bond donors (Lipinski definition) is 0. The highest BCUT2D eigenvalue weighted by atomic mass is 79.9. The molecule has 0 aromatic heterocycles. The number of rotatable bonds is 5. The van der Waals surface area contributed by atoms with Crippen molar-refractivity contribution in [2.24, 2.45) is 0 Å². The molecule has 1 aliphatic heterocycles. The molecule has 1 heterocycles. The summed E-state index contributed by atoms with van der Waals surface area (Å²) in [6, 6.07) is 14.1. The van der Waals surface area contributed by atoms with Crippen LogP contribution in [0.3, 0.4) is 0 Å². The minimum Gasteiger partial charge on any atom is -0.461 e. The molecule has 0 N–H and O–H groups in total. The Kier molecular flexibility index (Phi) is 5.09. The van der Waals surface area contributed by atoms with Crippen LogP contribution in [-0.2, 0) is 9.53 Å². The highest BCUT2D eigenvalue weighted by Crippen LogP contribution is 2.21. The quantitative estimate of drug-likeness (QED) is 0.439. The fourth-order valence-corrected chi connectivity index (χ4v) is 2.92. The predicted octanol–water partition coefficient (Wildman–Crippen LogP) is 3.30. The summed E-state index contributed by atoms with van der Waals surface area (Å²) in [7, 11) is 0. The van der Waals surface area contributed by atoms with Gasteiger partial charge in [-0.1, -0.05) is 40.2 Å². The number of hydrogen-bond acceptors (Lipinski definition) is 4. The normalized spacial score (nSPS) is 13.4. The summed E-state index contributed by atoms with van der Waals surface area (Å²) >= 11 is 3.35. The number of fused-ring (bicyclic) bond motifs is 1. The Bertz CT molecular complexity index is 840. The first-order valence-corrected chi connectivity index (χ1v) is 8.41. The molecular weight excluding hydrogens is 386 g/mol. The summed E-state index contributed by atoms with van der Waals surface area (Å²) in [6.45, 7) is -0.0179. The van der Waals surface area contributed by atoms with Crippen molar-refractivity contribution < 1.29 is 19.1 Å². The van der Waals surface area contributed by atoms with Gasteiger partial charge in [0.1, 0.15) is 6.61 Å². The van der Waals surface area contributed by atoms with E-state index in [1.54, 1.807) is 30.3 Å². The first-order valence-electron chi connectivity index (χ1n) is 7.62. The molecule has 2 aromatic rings. The van der Waals surface area contributed by atoms with Crippen LogP contribution in [-0.4, -0.2) is 35.8 Å². The Hall–Kier alpha value is -2.73. The third-order valence-corrected chi connectivity index (χ3v) is 4.19. The van der Waals surface area contributed by atoms with Crippen LogP contribution in [0.4, 0.5) is 0 Å². The molecule has 0 spiro atoms.